The van der Waals surface area contributed by atoms with Crippen molar-refractivity contribution in [3.05, 3.63) is 59.4 Å². The van der Waals surface area contributed by atoms with Gasteiger partial charge in [-0.3, -0.25) is 4.79 Å². The van der Waals surface area contributed by atoms with Crippen molar-refractivity contribution >= 4 is 27.3 Å². The zero-order chi connectivity index (χ0) is 20.0. The van der Waals surface area contributed by atoms with Gasteiger partial charge in [0.15, 0.2) is 10.8 Å². The summed E-state index contributed by atoms with van der Waals surface area (Å²) in [5, 5.41) is 4.93. The summed E-state index contributed by atoms with van der Waals surface area (Å²) in [6.07, 6.45) is 3.68. The van der Waals surface area contributed by atoms with Gasteiger partial charge < -0.3 is 5.32 Å². The molecule has 0 spiro atoms. The Bertz CT molecular complexity index is 1030. The van der Waals surface area contributed by atoms with Crippen LogP contribution in [0.4, 0.5) is 0 Å². The Morgan fingerprint density at radius 2 is 1.82 bits per heavy atom. The fraction of sp³-hybridized carbons (Fsp3) is 0.222. The number of carbonyl (C=O) groups excluding carboxylic acids is 1. The van der Waals surface area contributed by atoms with E-state index < -0.39 is 10.0 Å². The molecule has 0 aliphatic carbocycles. The molecule has 2 aromatic heterocycles. The lowest BCUT2D eigenvalue weighted by molar-refractivity contribution is 0.0949. The Hall–Kier alpha value is -2.69. The number of benzene rings is 1. The predicted molar refractivity (Wildman–Crippen MR) is 106 cm³/mol. The first-order chi connectivity index (χ1) is 13.5. The molecule has 28 heavy (non-hydrogen) atoms. The van der Waals surface area contributed by atoms with Crippen molar-refractivity contribution in [1.29, 1.82) is 0 Å². The monoisotopic (exact) mass is 417 g/mol. The Labute approximate surface area is 167 Å². The van der Waals surface area contributed by atoms with E-state index in [0.717, 1.165) is 5.56 Å². The second-order valence-electron chi connectivity index (χ2n) is 5.93. The maximum Gasteiger partial charge on any atom is 0.270 e. The summed E-state index contributed by atoms with van der Waals surface area (Å²) in [5.74, 6) is 0.150. The first kappa shape index (κ1) is 20.1. The van der Waals surface area contributed by atoms with Gasteiger partial charge in [0.05, 0.1) is 4.90 Å². The van der Waals surface area contributed by atoms with Crippen molar-refractivity contribution in [2.75, 3.05) is 13.1 Å². The number of nitrogens with one attached hydrogen (secondary N) is 2. The lowest BCUT2D eigenvalue weighted by Crippen LogP contribution is -2.30. The van der Waals surface area contributed by atoms with Crippen LogP contribution in [0.3, 0.4) is 0 Å². The highest BCUT2D eigenvalue weighted by atomic mass is 32.2. The second-order valence-corrected chi connectivity index (χ2v) is 8.56. The quantitative estimate of drug-likeness (QED) is 0.542. The number of hydrogen-bond acceptors (Lipinski definition) is 7. The smallest absolute Gasteiger partial charge is 0.270 e. The van der Waals surface area contributed by atoms with Crippen molar-refractivity contribution in [1.82, 2.24) is 25.0 Å². The topological polar surface area (TPSA) is 114 Å². The molecule has 0 aliphatic heterocycles. The van der Waals surface area contributed by atoms with Crippen LogP contribution in [0.15, 0.2) is 53.0 Å². The fourth-order valence-corrected chi connectivity index (χ4v) is 4.10. The maximum atomic E-state index is 12.2. The summed E-state index contributed by atoms with van der Waals surface area (Å²) in [4.78, 5) is 24.8. The molecule has 0 saturated carbocycles. The average Bonchev–Trinajstić information content (AvgIpc) is 3.19. The normalized spacial score (nSPS) is 11.3. The molecule has 0 fully saturated rings. The minimum absolute atomic E-state index is 0.219. The number of aryl methyl sites for hydroxylation is 1. The molecule has 3 rings (SSSR count). The SMILES string of the molecule is Cc1ccc(S(=O)(=O)NCCCNC(=O)c2csc(-c3ncccn3)n2)cc1. The Kier molecular flexibility index (Phi) is 6.45. The van der Waals surface area contributed by atoms with Crippen molar-refractivity contribution in [2.24, 2.45) is 0 Å². The highest BCUT2D eigenvalue weighted by molar-refractivity contribution is 7.89. The standard InChI is InChI=1S/C18H19N5O3S2/c1-13-4-6-14(7-5-13)28(25,26)22-11-3-10-21-17(24)15-12-27-18(23-15)16-19-8-2-9-20-16/h2,4-9,12,22H,3,10-11H2,1H3,(H,21,24). The van der Waals surface area contributed by atoms with Crippen LogP contribution in [0, 0.1) is 6.92 Å². The van der Waals surface area contributed by atoms with Crippen LogP contribution < -0.4 is 10.0 Å². The Balaban J connectivity index is 1.45. The highest BCUT2D eigenvalue weighted by Gasteiger charge is 2.14. The lowest BCUT2D eigenvalue weighted by Gasteiger charge is -2.07. The van der Waals surface area contributed by atoms with Gasteiger partial charge in [-0.15, -0.1) is 11.3 Å². The Morgan fingerprint density at radius 1 is 1.11 bits per heavy atom. The number of thiazole rings is 1. The van der Waals surface area contributed by atoms with Crippen LogP contribution in [-0.2, 0) is 10.0 Å². The molecular formula is C18H19N5O3S2. The average molecular weight is 418 g/mol. The van der Waals surface area contributed by atoms with Crippen molar-refractivity contribution < 1.29 is 13.2 Å². The van der Waals surface area contributed by atoms with Crippen LogP contribution in [0.2, 0.25) is 0 Å². The van der Waals surface area contributed by atoms with Crippen LogP contribution in [0.1, 0.15) is 22.5 Å². The minimum Gasteiger partial charge on any atom is -0.351 e. The van der Waals surface area contributed by atoms with Gasteiger partial charge in [-0.05, 0) is 31.5 Å². The molecule has 1 amide bonds. The lowest BCUT2D eigenvalue weighted by atomic mass is 10.2. The molecule has 0 aliphatic rings. The molecule has 0 atom stereocenters. The van der Waals surface area contributed by atoms with Gasteiger partial charge in [0.1, 0.15) is 5.69 Å². The van der Waals surface area contributed by atoms with E-state index in [1.54, 1.807) is 48.1 Å². The van der Waals surface area contributed by atoms with E-state index in [-0.39, 0.29) is 23.0 Å². The van der Waals surface area contributed by atoms with Gasteiger partial charge in [-0.1, -0.05) is 17.7 Å². The van der Waals surface area contributed by atoms with Crippen LogP contribution in [-0.4, -0.2) is 42.4 Å². The molecule has 2 heterocycles. The van der Waals surface area contributed by atoms with Gasteiger partial charge in [0, 0.05) is 30.9 Å². The first-order valence-electron chi connectivity index (χ1n) is 8.53. The molecule has 0 saturated heterocycles. The van der Waals surface area contributed by atoms with Crippen LogP contribution in [0.5, 0.6) is 0 Å². The van der Waals surface area contributed by atoms with Gasteiger partial charge in [0.25, 0.3) is 5.91 Å². The molecule has 0 unspecified atom stereocenters. The van der Waals surface area contributed by atoms with Gasteiger partial charge in [-0.25, -0.2) is 28.1 Å². The number of nitrogens with zero attached hydrogens (tertiary/aromatic N) is 3. The van der Waals surface area contributed by atoms with E-state index in [4.69, 9.17) is 0 Å². The number of amides is 1. The van der Waals surface area contributed by atoms with E-state index in [2.05, 4.69) is 25.0 Å². The number of rotatable bonds is 8. The summed E-state index contributed by atoms with van der Waals surface area (Å²) in [6.45, 7) is 2.44. The van der Waals surface area contributed by atoms with E-state index in [1.165, 1.54) is 11.3 Å². The van der Waals surface area contributed by atoms with Crippen molar-refractivity contribution in [3.63, 3.8) is 0 Å². The highest BCUT2D eigenvalue weighted by Crippen LogP contribution is 2.19. The zero-order valence-electron chi connectivity index (χ0n) is 15.1. The zero-order valence-corrected chi connectivity index (χ0v) is 16.8. The summed E-state index contributed by atoms with van der Waals surface area (Å²) in [6, 6.07) is 8.33. The minimum atomic E-state index is -3.54. The van der Waals surface area contributed by atoms with Crippen LogP contribution >= 0.6 is 11.3 Å². The third kappa shape index (κ3) is 5.18. The number of carbonyl (C=O) groups is 1. The van der Waals surface area contributed by atoms with E-state index in [1.807, 2.05) is 6.92 Å². The molecule has 0 bridgehead atoms. The van der Waals surface area contributed by atoms with Crippen molar-refractivity contribution in [3.8, 4) is 10.8 Å². The van der Waals surface area contributed by atoms with E-state index in [9.17, 15) is 13.2 Å². The molecular weight excluding hydrogens is 398 g/mol. The fourth-order valence-electron chi connectivity index (χ4n) is 2.28. The third-order valence-electron chi connectivity index (χ3n) is 3.76. The molecule has 1 aromatic carbocycles. The predicted octanol–water partition coefficient (Wildman–Crippen LogP) is 2.01. The maximum absolute atomic E-state index is 12.2. The molecule has 10 heteroatoms. The largest absolute Gasteiger partial charge is 0.351 e. The van der Waals surface area contributed by atoms with E-state index >= 15 is 0 Å². The number of hydrogen-bond donors (Lipinski definition) is 2. The van der Waals surface area contributed by atoms with Crippen LogP contribution in [0.25, 0.3) is 10.8 Å². The van der Waals surface area contributed by atoms with Gasteiger partial charge in [0.2, 0.25) is 10.0 Å². The number of sulfonamides is 1. The summed E-state index contributed by atoms with van der Waals surface area (Å²) in [7, 11) is -3.54. The molecule has 146 valence electrons. The second kappa shape index (κ2) is 9.00. The van der Waals surface area contributed by atoms with Crippen molar-refractivity contribution in [2.45, 2.75) is 18.2 Å². The summed E-state index contributed by atoms with van der Waals surface area (Å²) >= 11 is 1.29. The molecule has 8 nitrogen and oxygen atoms in total. The Morgan fingerprint density at radius 3 is 2.54 bits per heavy atom. The van der Waals surface area contributed by atoms with E-state index in [0.29, 0.717) is 23.8 Å². The first-order valence-corrected chi connectivity index (χ1v) is 10.9. The molecule has 2 N–H and O–H groups in total. The third-order valence-corrected chi connectivity index (χ3v) is 6.07. The van der Waals surface area contributed by atoms with Gasteiger partial charge in [-0.2, -0.15) is 0 Å². The number of aromatic nitrogens is 3. The molecule has 3 aromatic rings. The molecule has 0 radical (unpaired) electrons. The summed E-state index contributed by atoms with van der Waals surface area (Å²) in [5.41, 5.74) is 1.28. The van der Waals surface area contributed by atoms with Gasteiger partial charge >= 0.3 is 0 Å². The summed E-state index contributed by atoms with van der Waals surface area (Å²) < 4.78 is 26.9.